The van der Waals surface area contributed by atoms with Crippen LogP contribution in [-0.2, 0) is 0 Å². The van der Waals surface area contributed by atoms with Crippen molar-refractivity contribution in [3.05, 3.63) is 91.0 Å². The molecule has 124 valence electrons. The van der Waals surface area contributed by atoms with E-state index >= 15 is 0 Å². The van der Waals surface area contributed by atoms with Crippen LogP contribution in [0.15, 0.2) is 91.0 Å². The van der Waals surface area contributed by atoms with Crippen molar-refractivity contribution in [3.8, 4) is 0 Å². The number of benzene rings is 3. The summed E-state index contributed by atoms with van der Waals surface area (Å²) in [4.78, 5) is 0. The summed E-state index contributed by atoms with van der Waals surface area (Å²) in [6.07, 6.45) is 0.778. The van der Waals surface area contributed by atoms with Crippen molar-refractivity contribution in [2.75, 3.05) is 12.7 Å². The van der Waals surface area contributed by atoms with E-state index in [4.69, 9.17) is 0 Å². The molecule has 0 aromatic heterocycles. The van der Waals surface area contributed by atoms with E-state index in [0.29, 0.717) is 6.54 Å². The molecule has 0 fully saturated rings. The van der Waals surface area contributed by atoms with Crippen LogP contribution in [0.4, 0.5) is 0 Å². The van der Waals surface area contributed by atoms with Crippen molar-refractivity contribution in [3.63, 3.8) is 0 Å². The molecule has 0 heterocycles. The van der Waals surface area contributed by atoms with E-state index < -0.39 is 5.31 Å². The summed E-state index contributed by atoms with van der Waals surface area (Å²) in [5, 5.41) is 10.3. The summed E-state index contributed by atoms with van der Waals surface area (Å²) < 4.78 is 0. The molecule has 3 aromatic carbocycles. The first-order valence-corrected chi connectivity index (χ1v) is 12.4. The quantitative estimate of drug-likeness (QED) is 0.486. The van der Waals surface area contributed by atoms with Gasteiger partial charge in [0.15, 0.2) is 0 Å². The van der Waals surface area contributed by atoms with Gasteiger partial charge in [0.25, 0.3) is 0 Å². The molecule has 0 aliphatic heterocycles. The zero-order chi connectivity index (χ0) is 16.9. The molecule has 0 bridgehead atoms. The summed E-state index contributed by atoms with van der Waals surface area (Å²) in [5.41, 5.74) is 2.36. The molecule has 0 spiro atoms. The van der Waals surface area contributed by atoms with Gasteiger partial charge in [-0.2, -0.15) is 0 Å². The number of nitrogens with one attached hydrogen (secondary N) is 1. The van der Waals surface area contributed by atoms with E-state index in [1.165, 1.54) is 15.9 Å². The van der Waals surface area contributed by atoms with Gasteiger partial charge < -0.3 is 0 Å². The fraction of sp³-hybridized carbons (Fsp3) is 0.100. The Balaban J connectivity index is 2.37. The second-order valence-corrected chi connectivity index (χ2v) is 14.9. The maximum absolute atomic E-state index is 9.33. The molecule has 3 aromatic rings. The summed E-state index contributed by atoms with van der Waals surface area (Å²) in [6, 6.07) is 31.7. The predicted octanol–water partition coefficient (Wildman–Crippen LogP) is 3.80. The summed E-state index contributed by atoms with van der Waals surface area (Å²) >= 11 is 4.30. The number of rotatable bonds is 6. The first-order valence-electron chi connectivity index (χ1n) is 7.97. The van der Waals surface area contributed by atoms with Crippen LogP contribution in [0.25, 0.3) is 0 Å². The van der Waals surface area contributed by atoms with Crippen molar-refractivity contribution in [1.29, 1.82) is 0 Å². The molecule has 0 atom stereocenters. The van der Waals surface area contributed by atoms with Crippen molar-refractivity contribution >= 4 is 36.7 Å². The van der Waals surface area contributed by atoms with Crippen LogP contribution in [0.2, 0.25) is 0 Å². The second kappa shape index (κ2) is 7.16. The van der Waals surface area contributed by atoms with Crippen LogP contribution < -0.4 is 21.4 Å². The van der Waals surface area contributed by atoms with Gasteiger partial charge in [0.1, 0.15) is 0 Å². The molecule has 0 aliphatic rings. The van der Waals surface area contributed by atoms with E-state index in [-0.39, 0.29) is 0 Å². The average molecular weight is 402 g/mol. The van der Waals surface area contributed by atoms with Crippen LogP contribution in [0.5, 0.6) is 0 Å². The molecule has 24 heavy (non-hydrogen) atoms. The second-order valence-electron chi connectivity index (χ2n) is 5.82. The van der Waals surface area contributed by atoms with Crippen LogP contribution in [0.1, 0.15) is 0 Å². The van der Waals surface area contributed by atoms with Gasteiger partial charge in [-0.15, -0.1) is 0 Å². The Morgan fingerprint density at radius 3 is 1.29 bits per heavy atom. The van der Waals surface area contributed by atoms with E-state index in [1.807, 2.05) is 18.2 Å². The molecule has 0 amide bonds. The van der Waals surface area contributed by atoms with E-state index in [1.54, 1.807) is 0 Å². The minimum atomic E-state index is -2.86. The Morgan fingerprint density at radius 2 is 1.00 bits per heavy atom. The number of hydroxylamine groups is 1. The molecule has 0 unspecified atom stereocenters. The van der Waals surface area contributed by atoms with Gasteiger partial charge in [-0.3, -0.25) is 0 Å². The van der Waals surface area contributed by atoms with E-state index in [0.717, 1.165) is 6.16 Å². The van der Waals surface area contributed by atoms with Crippen LogP contribution in [0, 0.1) is 0 Å². The Kier molecular flexibility index (Phi) is 5.17. The molecule has 3 rings (SSSR count). The SMILES string of the molecule is ONCCP(Br)(c1ccccc1)(c1ccccc1)c1ccccc1. The number of halogens is 1. The standard InChI is InChI=1S/C20H21BrNOP/c21-24(17-16-22-23,18-10-4-1-5-11-18,19-12-6-2-7-13-19)20-14-8-3-9-15-20/h1-15,22-23H,16-17H2. The van der Waals surface area contributed by atoms with Gasteiger partial charge in [0, 0.05) is 0 Å². The molecular formula is C20H21BrNOP. The molecule has 2 nitrogen and oxygen atoms in total. The summed E-state index contributed by atoms with van der Waals surface area (Å²) in [6.45, 7) is 0.502. The topological polar surface area (TPSA) is 32.3 Å². The molecule has 0 saturated heterocycles. The zero-order valence-corrected chi connectivity index (χ0v) is 15.8. The van der Waals surface area contributed by atoms with E-state index in [2.05, 4.69) is 93.8 Å². The third-order valence-corrected chi connectivity index (χ3v) is 14.5. The van der Waals surface area contributed by atoms with Gasteiger partial charge in [-0.1, -0.05) is 0 Å². The normalized spacial score (nSPS) is 13.2. The fourth-order valence-electron chi connectivity index (χ4n) is 3.31. The monoisotopic (exact) mass is 401 g/mol. The molecule has 0 aliphatic carbocycles. The molecule has 0 radical (unpaired) electrons. The molecule has 0 saturated carbocycles. The average Bonchev–Trinajstić information content (AvgIpc) is 2.68. The Hall–Kier alpha value is -1.51. The summed E-state index contributed by atoms with van der Waals surface area (Å²) in [7, 11) is 0. The predicted molar refractivity (Wildman–Crippen MR) is 109 cm³/mol. The summed E-state index contributed by atoms with van der Waals surface area (Å²) in [5.74, 6) is 0. The van der Waals surface area contributed by atoms with Gasteiger partial charge in [-0.25, -0.2) is 0 Å². The van der Waals surface area contributed by atoms with Crippen molar-refractivity contribution in [1.82, 2.24) is 5.48 Å². The third kappa shape index (κ3) is 2.82. The van der Waals surface area contributed by atoms with Crippen LogP contribution in [0.3, 0.4) is 0 Å². The molecular weight excluding hydrogens is 381 g/mol. The third-order valence-electron chi connectivity index (χ3n) is 4.53. The number of hydrogen-bond acceptors (Lipinski definition) is 2. The maximum atomic E-state index is 9.33. The minimum absolute atomic E-state index is 0.502. The van der Waals surface area contributed by atoms with Gasteiger partial charge in [0.2, 0.25) is 0 Å². The Labute approximate surface area is 151 Å². The Morgan fingerprint density at radius 1 is 0.667 bits per heavy atom. The first-order chi connectivity index (χ1) is 11.7. The molecule has 4 heteroatoms. The Bertz CT molecular complexity index is 681. The number of hydrogen-bond donors (Lipinski definition) is 2. The van der Waals surface area contributed by atoms with Gasteiger partial charge >= 0.3 is 151 Å². The van der Waals surface area contributed by atoms with Crippen molar-refractivity contribution in [2.24, 2.45) is 0 Å². The van der Waals surface area contributed by atoms with Gasteiger partial charge in [-0.05, 0) is 0 Å². The first kappa shape index (κ1) is 17.3. The van der Waals surface area contributed by atoms with Gasteiger partial charge in [0.05, 0.1) is 0 Å². The van der Waals surface area contributed by atoms with Crippen LogP contribution in [-0.4, -0.2) is 17.9 Å². The van der Waals surface area contributed by atoms with E-state index in [9.17, 15) is 5.21 Å². The van der Waals surface area contributed by atoms with Crippen LogP contribution >= 0.6 is 20.8 Å². The molecule has 2 N–H and O–H groups in total. The van der Waals surface area contributed by atoms with Crippen molar-refractivity contribution in [2.45, 2.75) is 0 Å². The zero-order valence-electron chi connectivity index (χ0n) is 13.3. The van der Waals surface area contributed by atoms with Crippen molar-refractivity contribution < 1.29 is 5.21 Å². The fourth-order valence-corrected chi connectivity index (χ4v) is 10.5.